The van der Waals surface area contributed by atoms with E-state index in [1.165, 1.54) is 32.6 Å². The molecule has 133 heavy (non-hydrogen) atoms. The molecule has 5 heterocycles. The number of anilines is 2. The number of imidazole rings is 1. The van der Waals surface area contributed by atoms with E-state index >= 15 is 0 Å². The minimum absolute atomic E-state index is 0.0106. The Morgan fingerprint density at radius 2 is 1.12 bits per heavy atom. The molecular formula is C98H104N14O19P2. The molecule has 33 nitrogen and oxygen atoms in total. The first kappa shape index (κ1) is 94.7. The van der Waals surface area contributed by atoms with E-state index in [2.05, 4.69) is 77.3 Å². The lowest BCUT2D eigenvalue weighted by Gasteiger charge is -2.37. The molecule has 2 aliphatic carbocycles. The van der Waals surface area contributed by atoms with Crippen LogP contribution in [0, 0.1) is 22.7 Å². The monoisotopic (exact) mass is 1840 g/mol. The van der Waals surface area contributed by atoms with E-state index in [4.69, 9.17) is 60.8 Å². The number of hydrogen-bond acceptors (Lipinski definition) is 25. The van der Waals surface area contributed by atoms with Crippen LogP contribution in [0.4, 0.5) is 21.4 Å². The van der Waals surface area contributed by atoms with Crippen molar-refractivity contribution in [2.75, 3.05) is 84.6 Å². The van der Waals surface area contributed by atoms with Crippen LogP contribution in [0.5, 0.6) is 11.5 Å². The van der Waals surface area contributed by atoms with Crippen molar-refractivity contribution in [2.24, 2.45) is 0 Å². The number of aromatic nitrogens is 6. The molecule has 0 saturated carbocycles. The second kappa shape index (κ2) is 44.5. The van der Waals surface area contributed by atoms with Gasteiger partial charge in [-0.3, -0.25) is 38.6 Å². The molecule has 5 amide bonds. The van der Waals surface area contributed by atoms with Crippen molar-refractivity contribution >= 4 is 70.0 Å². The van der Waals surface area contributed by atoms with E-state index in [0.29, 0.717) is 33.8 Å². The summed E-state index contributed by atoms with van der Waals surface area (Å²) in [6, 6.07) is 69.0. The van der Waals surface area contributed by atoms with Crippen LogP contribution in [0.15, 0.2) is 228 Å². The zero-order valence-corrected chi connectivity index (χ0v) is 76.3. The summed E-state index contributed by atoms with van der Waals surface area (Å²) in [4.78, 5) is 113. The molecule has 3 aromatic heterocycles. The average Bonchev–Trinajstić information content (AvgIpc) is 1.76. The molecule has 35 heteroatoms. The normalized spacial score (nSPS) is 17.1. The van der Waals surface area contributed by atoms with Gasteiger partial charge < -0.3 is 76.6 Å². The smallest absolute Gasteiger partial charge is 0.409 e. The maximum absolute atomic E-state index is 14.3. The number of alkyl carbamates (subject to hydrolysis) is 1. The number of nitrogens with zero attached hydrogens (tertiary/aromatic N) is 9. The summed E-state index contributed by atoms with van der Waals surface area (Å²) in [5, 5.41) is 30.7. The number of rotatable bonds is 42. The summed E-state index contributed by atoms with van der Waals surface area (Å²) in [6.45, 7) is 7.85. The van der Waals surface area contributed by atoms with Crippen molar-refractivity contribution in [3.63, 3.8) is 0 Å². The van der Waals surface area contributed by atoms with E-state index in [1.54, 1.807) is 45.5 Å². The Morgan fingerprint density at radius 1 is 0.586 bits per heavy atom. The lowest BCUT2D eigenvalue weighted by Crippen LogP contribution is -2.38. The zero-order valence-electron chi connectivity index (χ0n) is 74.5. The molecule has 0 spiro atoms. The number of carbonyl (C=O) groups is 5. The Bertz CT molecular complexity index is 5970. The number of benzene rings is 8. The number of H-pyrrole nitrogens is 1. The third-order valence-electron chi connectivity index (χ3n) is 23.5. The minimum atomic E-state index is -2.54. The Hall–Kier alpha value is -13.0. The first-order chi connectivity index (χ1) is 64.7. The Kier molecular flexibility index (Phi) is 31.7. The van der Waals surface area contributed by atoms with Gasteiger partial charge in [-0.05, 0) is 143 Å². The average molecular weight is 1840 g/mol. The highest BCUT2D eigenvalue weighted by Crippen LogP contribution is 2.54. The highest BCUT2D eigenvalue weighted by atomic mass is 31.2. The lowest BCUT2D eigenvalue weighted by atomic mass is 9.80. The fourth-order valence-electron chi connectivity index (χ4n) is 17.0. The first-order valence-corrected chi connectivity index (χ1v) is 46.2. The van der Waals surface area contributed by atoms with E-state index in [1.807, 2.05) is 179 Å². The summed E-state index contributed by atoms with van der Waals surface area (Å²) in [5.74, 6) is -0.807. The standard InChI is InChI=1S/C98H104N14O19P2/c1-62(2)112(63(3)4)132(125-52-20-47-99)130-81-54-88(110-51-46-85(105-95(110)117)104-86(113)32-19-50-109(5)97(119)123-58-80-77-30-17-13-26-73(77)74-27-14-18-31-78(74)80)129-84(81)60-127-133(126-53-21-48-100)131-82-55-89(128-83(82)59-124-98(66-22-9-8-10-23-66,67-37-41-69(120-6)42-38-67)68-39-43-70(121-7)44-40-68)111-61-103-90-91(111)107-94(108-93(90)116)106-87(114)45-49-101-92(115)65-35-33-64(34-36-65)56-102-96(118)122-57-79-75-28-15-11-24-71(75)72-25-12-16-29-76(72)79/h8-18,22-31,33-44,46,51,61-63,79-84,88-89H,19-21,32,45,49-50,52-60H2,1-7H3,(H,101,115)(H,102,118)(H,104,105,113,117)(H2,106,107,108,114,116)/t81-,82-,83-,84-,88-,89?,132?,133?/m1/s1. The van der Waals surface area contributed by atoms with Crippen molar-refractivity contribution < 1.29 is 79.7 Å². The van der Waals surface area contributed by atoms with E-state index in [9.17, 15) is 44.1 Å². The van der Waals surface area contributed by atoms with Gasteiger partial charge in [0.1, 0.15) is 60.8 Å². The molecule has 5 N–H and O–H groups in total. The van der Waals surface area contributed by atoms with Gasteiger partial charge in [0.15, 0.2) is 11.2 Å². The van der Waals surface area contributed by atoms with Crippen molar-refractivity contribution in [3.05, 3.63) is 290 Å². The maximum atomic E-state index is 14.3. The number of carbonyl (C=O) groups excluding carboxylic acids is 5. The van der Waals surface area contributed by atoms with Crippen LogP contribution in [0.1, 0.15) is 152 Å². The van der Waals surface area contributed by atoms with Gasteiger partial charge in [-0.2, -0.15) is 20.5 Å². The third-order valence-corrected chi connectivity index (χ3v) is 26.8. The summed E-state index contributed by atoms with van der Waals surface area (Å²) in [5.41, 5.74) is 9.03. The number of nitrogens with one attached hydrogen (secondary N) is 5. The summed E-state index contributed by atoms with van der Waals surface area (Å²) >= 11 is 0. The van der Waals surface area contributed by atoms with Crippen LogP contribution < -0.4 is 42.0 Å². The molecule has 15 rings (SSSR count). The first-order valence-electron chi connectivity index (χ1n) is 44.0. The van der Waals surface area contributed by atoms with Gasteiger partial charge in [0, 0.05) is 88.0 Å². The Morgan fingerprint density at radius 3 is 1.69 bits per heavy atom. The Balaban J connectivity index is 0.642. The fourth-order valence-corrected chi connectivity index (χ4v) is 19.9. The van der Waals surface area contributed by atoms with Gasteiger partial charge in [-0.25, -0.2) is 24.0 Å². The summed E-state index contributed by atoms with van der Waals surface area (Å²) < 4.78 is 82.9. The van der Waals surface area contributed by atoms with Crippen molar-refractivity contribution in [3.8, 4) is 45.9 Å². The highest BCUT2D eigenvalue weighted by Gasteiger charge is 2.47. The van der Waals surface area contributed by atoms with Gasteiger partial charge in [-0.15, -0.1) is 0 Å². The second-order valence-electron chi connectivity index (χ2n) is 32.7. The predicted molar refractivity (Wildman–Crippen MR) is 495 cm³/mol. The third kappa shape index (κ3) is 22.5. The molecule has 2 aliphatic heterocycles. The highest BCUT2D eigenvalue weighted by molar-refractivity contribution is 7.44. The van der Waals surface area contributed by atoms with E-state index < -0.39 is 101 Å². The number of amides is 5. The summed E-state index contributed by atoms with van der Waals surface area (Å²) in [7, 11) is 0.286. The number of ether oxygens (including phenoxy) is 7. The predicted octanol–water partition coefficient (Wildman–Crippen LogP) is 15.6. The molecule has 0 radical (unpaired) electrons. The molecule has 690 valence electrons. The summed E-state index contributed by atoms with van der Waals surface area (Å²) in [6.07, 6.45) is -4.35. The topological polar surface area (TPSA) is 397 Å². The van der Waals surface area contributed by atoms with Crippen LogP contribution in [0.2, 0.25) is 0 Å². The molecule has 11 aromatic rings. The van der Waals surface area contributed by atoms with Crippen molar-refractivity contribution in [1.29, 1.82) is 10.5 Å². The fraction of sp³-hybridized carbons (Fsp3) is 0.347. The van der Waals surface area contributed by atoms with Gasteiger partial charge in [-0.1, -0.05) is 164 Å². The molecular weight excluding hydrogens is 1740 g/mol. The quantitative estimate of drug-likeness (QED) is 0.0135. The minimum Gasteiger partial charge on any atom is -0.497 e. The van der Waals surface area contributed by atoms with Gasteiger partial charge in [0.05, 0.1) is 84.2 Å². The molecule has 0 bridgehead atoms. The van der Waals surface area contributed by atoms with Crippen molar-refractivity contribution in [1.82, 2.24) is 49.3 Å². The lowest BCUT2D eigenvalue weighted by molar-refractivity contribution is -0.117. The Labute approximate surface area is 771 Å². The van der Waals surface area contributed by atoms with Gasteiger partial charge in [0.25, 0.3) is 20.0 Å². The molecule has 8 aromatic carbocycles. The zero-order chi connectivity index (χ0) is 93.1. The number of aromatic amines is 1. The molecule has 3 unspecified atom stereocenters. The van der Waals surface area contributed by atoms with E-state index in [0.717, 1.165) is 50.1 Å². The van der Waals surface area contributed by atoms with Crippen LogP contribution >= 0.6 is 17.1 Å². The largest absolute Gasteiger partial charge is 0.497 e. The molecule has 2 fully saturated rings. The van der Waals surface area contributed by atoms with Crippen LogP contribution in [-0.4, -0.2) is 179 Å². The van der Waals surface area contributed by atoms with Gasteiger partial charge in [0.2, 0.25) is 17.8 Å². The van der Waals surface area contributed by atoms with Crippen LogP contribution in [0.3, 0.4) is 0 Å². The van der Waals surface area contributed by atoms with Gasteiger partial charge >= 0.3 is 26.5 Å². The number of methoxy groups -OCH3 is 2. The number of fused-ring (bicyclic) bond motifs is 7. The second-order valence-corrected chi connectivity index (χ2v) is 35.3. The maximum Gasteiger partial charge on any atom is 0.409 e. The van der Waals surface area contributed by atoms with E-state index in [-0.39, 0.29) is 151 Å². The molecule has 4 aliphatic rings. The van der Waals surface area contributed by atoms with Crippen LogP contribution in [-0.2, 0) is 68.0 Å². The molecule has 8 atom stereocenters. The van der Waals surface area contributed by atoms with Crippen molar-refractivity contribution in [2.45, 2.75) is 146 Å². The van der Waals surface area contributed by atoms with Crippen LogP contribution in [0.25, 0.3) is 33.4 Å². The SMILES string of the molecule is COc1ccc(C(OC[C@H]2OC(n3cnc4c(=O)[nH]c(NC(=O)CCNC(=O)c5ccc(CNC(=O)OCC6c7ccccc7-c7ccccc76)cc5)nc43)C[C@H]2OP(OCCC#N)OC[C@H]2O[C@@H](n3ccc(NC(=O)CCCN(C)C(=O)OCC4c5ccccc5-c5ccccc54)nc3=O)C[C@H]2OP(OCCC#N)N(C(C)C)C(C)C)(c2ccccc2)c2ccc(OC)cc2)cc1. The number of hydrogen-bond donors (Lipinski definition) is 5. The number of nitriles is 2. The molecule has 2 saturated heterocycles.